The summed E-state index contributed by atoms with van der Waals surface area (Å²) in [5.41, 5.74) is 1.37. The fourth-order valence-electron chi connectivity index (χ4n) is 1.79. The highest BCUT2D eigenvalue weighted by atomic mass is 35.5. The number of fused-ring (bicyclic) bond motifs is 1. The Kier molecular flexibility index (Phi) is 3.00. The molecule has 3 rings (SSSR count). The van der Waals surface area contributed by atoms with Crippen LogP contribution < -0.4 is 5.32 Å². The summed E-state index contributed by atoms with van der Waals surface area (Å²) >= 11 is 5.83. The van der Waals surface area contributed by atoms with E-state index in [9.17, 15) is 4.39 Å². The number of hydrogen-bond acceptors (Lipinski definition) is 4. The van der Waals surface area contributed by atoms with Crippen molar-refractivity contribution in [1.82, 2.24) is 19.9 Å². The Hall–Kier alpha value is -2.21. The highest BCUT2D eigenvalue weighted by Crippen LogP contribution is 2.21. The standard InChI is InChI=1S/C12H9ClFN5/c13-12-18-10-9(1-2-16-10)11(19-12)17-5-7-3-8(14)6-15-4-7/h1-4,6H,5H2,(H2,16,17,18,19). The van der Waals surface area contributed by atoms with Crippen LogP contribution >= 0.6 is 11.6 Å². The zero-order chi connectivity index (χ0) is 13.2. The topological polar surface area (TPSA) is 66.5 Å². The monoisotopic (exact) mass is 277 g/mol. The maximum absolute atomic E-state index is 13.0. The van der Waals surface area contributed by atoms with Crippen LogP contribution in [0.5, 0.6) is 0 Å². The van der Waals surface area contributed by atoms with Crippen molar-refractivity contribution in [3.63, 3.8) is 0 Å². The van der Waals surface area contributed by atoms with Crippen molar-refractivity contribution in [1.29, 1.82) is 0 Å². The third kappa shape index (κ3) is 2.48. The van der Waals surface area contributed by atoms with Crippen molar-refractivity contribution in [3.05, 3.63) is 47.4 Å². The molecule has 0 spiro atoms. The van der Waals surface area contributed by atoms with Crippen LogP contribution in [0.1, 0.15) is 5.56 Å². The minimum Gasteiger partial charge on any atom is -0.365 e. The molecule has 0 aliphatic carbocycles. The van der Waals surface area contributed by atoms with Crippen molar-refractivity contribution >= 4 is 28.5 Å². The molecule has 0 atom stereocenters. The lowest BCUT2D eigenvalue weighted by atomic mass is 10.3. The molecule has 3 aromatic heterocycles. The van der Waals surface area contributed by atoms with E-state index in [0.717, 1.165) is 17.1 Å². The Morgan fingerprint density at radius 2 is 2.21 bits per heavy atom. The second-order valence-electron chi connectivity index (χ2n) is 3.95. The number of halogens is 2. The van der Waals surface area contributed by atoms with E-state index in [1.54, 1.807) is 12.4 Å². The Bertz CT molecular complexity index is 727. The minimum absolute atomic E-state index is 0.148. The number of aromatic amines is 1. The van der Waals surface area contributed by atoms with Gasteiger partial charge < -0.3 is 10.3 Å². The fourth-order valence-corrected chi connectivity index (χ4v) is 1.96. The van der Waals surface area contributed by atoms with Crippen molar-refractivity contribution in [2.24, 2.45) is 0 Å². The third-order valence-corrected chi connectivity index (χ3v) is 2.78. The quantitative estimate of drug-likeness (QED) is 0.723. The van der Waals surface area contributed by atoms with Gasteiger partial charge in [-0.25, -0.2) is 9.37 Å². The van der Waals surface area contributed by atoms with E-state index < -0.39 is 0 Å². The van der Waals surface area contributed by atoms with Crippen molar-refractivity contribution in [2.75, 3.05) is 5.32 Å². The molecule has 3 heterocycles. The van der Waals surface area contributed by atoms with Gasteiger partial charge in [0.15, 0.2) is 0 Å². The number of anilines is 1. The first-order chi connectivity index (χ1) is 9.22. The van der Waals surface area contributed by atoms with Gasteiger partial charge >= 0.3 is 0 Å². The van der Waals surface area contributed by atoms with E-state index in [2.05, 4.69) is 25.3 Å². The minimum atomic E-state index is -0.369. The zero-order valence-corrected chi connectivity index (χ0v) is 10.4. The van der Waals surface area contributed by atoms with E-state index in [1.165, 1.54) is 6.07 Å². The zero-order valence-electron chi connectivity index (χ0n) is 9.69. The first-order valence-electron chi connectivity index (χ1n) is 5.56. The molecule has 0 amide bonds. The first kappa shape index (κ1) is 11.9. The summed E-state index contributed by atoms with van der Waals surface area (Å²) in [5, 5.41) is 4.07. The smallest absolute Gasteiger partial charge is 0.226 e. The van der Waals surface area contributed by atoms with Gasteiger partial charge in [0, 0.05) is 18.9 Å². The summed E-state index contributed by atoms with van der Waals surface area (Å²) < 4.78 is 13.0. The van der Waals surface area contributed by atoms with Crippen LogP contribution in [0.4, 0.5) is 10.2 Å². The lowest BCUT2D eigenvalue weighted by Gasteiger charge is -2.07. The first-order valence-corrected chi connectivity index (χ1v) is 5.94. The Morgan fingerprint density at radius 3 is 3.05 bits per heavy atom. The molecule has 3 aromatic rings. The summed E-state index contributed by atoms with van der Waals surface area (Å²) in [7, 11) is 0. The number of rotatable bonds is 3. The molecule has 5 nitrogen and oxygen atoms in total. The molecule has 0 radical (unpaired) electrons. The molecule has 0 aromatic carbocycles. The highest BCUT2D eigenvalue weighted by molar-refractivity contribution is 6.28. The molecule has 0 saturated carbocycles. The van der Waals surface area contributed by atoms with Gasteiger partial charge in [-0.2, -0.15) is 4.98 Å². The Morgan fingerprint density at radius 1 is 1.32 bits per heavy atom. The molecule has 0 saturated heterocycles. The van der Waals surface area contributed by atoms with Gasteiger partial charge in [0.05, 0.1) is 11.6 Å². The van der Waals surface area contributed by atoms with Gasteiger partial charge in [0.2, 0.25) is 5.28 Å². The number of nitrogens with zero attached hydrogens (tertiary/aromatic N) is 3. The molecule has 0 aliphatic rings. The van der Waals surface area contributed by atoms with Crippen LogP contribution in [-0.2, 0) is 6.54 Å². The van der Waals surface area contributed by atoms with Gasteiger partial charge in [0.1, 0.15) is 17.3 Å². The van der Waals surface area contributed by atoms with Crippen LogP contribution in [0.15, 0.2) is 30.7 Å². The van der Waals surface area contributed by atoms with Gasteiger partial charge in [-0.05, 0) is 29.3 Å². The third-order valence-electron chi connectivity index (χ3n) is 2.61. The lowest BCUT2D eigenvalue weighted by molar-refractivity contribution is 0.619. The molecular formula is C12H9ClFN5. The van der Waals surface area contributed by atoms with Gasteiger partial charge in [-0.15, -0.1) is 0 Å². The van der Waals surface area contributed by atoms with Crippen molar-refractivity contribution in [2.45, 2.75) is 6.54 Å². The normalized spacial score (nSPS) is 10.8. The molecule has 96 valence electrons. The fraction of sp³-hybridized carbons (Fsp3) is 0.0833. The molecule has 19 heavy (non-hydrogen) atoms. The number of aromatic nitrogens is 4. The summed E-state index contributed by atoms with van der Waals surface area (Å²) in [5.74, 6) is 0.229. The van der Waals surface area contributed by atoms with Gasteiger partial charge in [-0.3, -0.25) is 4.98 Å². The molecule has 0 unspecified atom stereocenters. The van der Waals surface area contributed by atoms with Crippen LogP contribution in [0.25, 0.3) is 11.0 Å². The summed E-state index contributed by atoms with van der Waals surface area (Å²) in [6, 6.07) is 3.26. The Labute approximate surface area is 112 Å². The SMILES string of the molecule is Fc1cncc(CNc2nc(Cl)nc3[nH]ccc23)c1. The van der Waals surface area contributed by atoms with Gasteiger partial charge in [0.25, 0.3) is 0 Å². The van der Waals surface area contributed by atoms with Crippen molar-refractivity contribution < 1.29 is 4.39 Å². The van der Waals surface area contributed by atoms with E-state index in [4.69, 9.17) is 11.6 Å². The lowest BCUT2D eigenvalue weighted by Crippen LogP contribution is -2.03. The van der Waals surface area contributed by atoms with Crippen LogP contribution in [0, 0.1) is 5.82 Å². The van der Waals surface area contributed by atoms with E-state index in [0.29, 0.717) is 18.0 Å². The largest absolute Gasteiger partial charge is 0.365 e. The Balaban J connectivity index is 1.87. The maximum atomic E-state index is 13.0. The molecule has 0 aliphatic heterocycles. The number of nitrogens with one attached hydrogen (secondary N) is 2. The van der Waals surface area contributed by atoms with Crippen LogP contribution in [-0.4, -0.2) is 19.9 Å². The van der Waals surface area contributed by atoms with Crippen molar-refractivity contribution in [3.8, 4) is 0 Å². The van der Waals surface area contributed by atoms with Crippen LogP contribution in [0.2, 0.25) is 5.28 Å². The van der Waals surface area contributed by atoms with E-state index >= 15 is 0 Å². The average molecular weight is 278 g/mol. The number of H-pyrrole nitrogens is 1. The summed E-state index contributed by atoms with van der Waals surface area (Å²) in [6.07, 6.45) is 4.51. The molecule has 0 bridgehead atoms. The predicted octanol–water partition coefficient (Wildman–Crippen LogP) is 2.76. The molecule has 2 N–H and O–H groups in total. The molecule has 7 heteroatoms. The number of hydrogen-bond donors (Lipinski definition) is 2. The average Bonchev–Trinajstić information content (AvgIpc) is 2.84. The van der Waals surface area contributed by atoms with E-state index in [1.807, 2.05) is 6.07 Å². The van der Waals surface area contributed by atoms with E-state index in [-0.39, 0.29) is 11.1 Å². The summed E-state index contributed by atoms with van der Waals surface area (Å²) in [4.78, 5) is 14.9. The van der Waals surface area contributed by atoms with Gasteiger partial charge in [-0.1, -0.05) is 0 Å². The molecule has 0 fully saturated rings. The van der Waals surface area contributed by atoms with Crippen LogP contribution in [0.3, 0.4) is 0 Å². The second kappa shape index (κ2) is 4.81. The second-order valence-corrected chi connectivity index (χ2v) is 4.28. The summed E-state index contributed by atoms with van der Waals surface area (Å²) in [6.45, 7) is 0.401. The number of pyridine rings is 1. The highest BCUT2D eigenvalue weighted by Gasteiger charge is 2.07. The predicted molar refractivity (Wildman–Crippen MR) is 70.4 cm³/mol. The maximum Gasteiger partial charge on any atom is 0.226 e. The molecular weight excluding hydrogens is 269 g/mol.